The Balaban J connectivity index is 1.81. The number of benzene rings is 2. The molecule has 0 saturated heterocycles. The molecule has 2 rings (SSSR count). The molecule has 0 aliphatic carbocycles. The number of ether oxygens (including phenoxy) is 2. The summed E-state index contributed by atoms with van der Waals surface area (Å²) in [6.07, 6.45) is 0. The van der Waals surface area contributed by atoms with E-state index < -0.39 is 0 Å². The van der Waals surface area contributed by atoms with E-state index in [2.05, 4.69) is 0 Å². The highest BCUT2D eigenvalue weighted by atomic mass is 35.5. The fourth-order valence-electron chi connectivity index (χ4n) is 1.75. The van der Waals surface area contributed by atoms with Crippen molar-refractivity contribution in [2.75, 3.05) is 13.2 Å². The third-order valence-corrected chi connectivity index (χ3v) is 3.38. The van der Waals surface area contributed by atoms with Crippen molar-refractivity contribution < 1.29 is 9.47 Å². The maximum atomic E-state index is 6.05. The maximum Gasteiger partial charge on any atom is 0.138 e. The summed E-state index contributed by atoms with van der Waals surface area (Å²) >= 11 is 10.9. The molecule has 110 valence electrons. The number of hydrogen-bond donors (Lipinski definition) is 1. The molecule has 0 radical (unpaired) electrons. The molecule has 2 N–H and O–H groups in total. The topological polar surface area (TPSA) is 44.5 Å². The predicted molar refractivity (Wildman–Crippen MR) is 89.5 cm³/mol. The lowest BCUT2D eigenvalue weighted by Crippen LogP contribution is -2.10. The Morgan fingerprint density at radius 1 is 1.10 bits per heavy atom. The van der Waals surface area contributed by atoms with Crippen LogP contribution in [0, 0.1) is 6.92 Å². The van der Waals surface area contributed by atoms with Crippen LogP contribution in [0.2, 0.25) is 5.02 Å². The standard InChI is InChI=1S/C16H16ClNO2S/c1-11-2-7-14(17)15(10-11)20-9-8-19-13-5-3-12(4-6-13)16(18)21/h2-7,10H,8-9H2,1H3,(H2,18,21). The first-order valence-electron chi connectivity index (χ1n) is 6.48. The van der Waals surface area contributed by atoms with Crippen LogP contribution in [0.3, 0.4) is 0 Å². The van der Waals surface area contributed by atoms with Gasteiger partial charge >= 0.3 is 0 Å². The van der Waals surface area contributed by atoms with Gasteiger partial charge in [-0.05, 0) is 48.9 Å². The second-order valence-electron chi connectivity index (χ2n) is 4.52. The number of aryl methyl sites for hydroxylation is 1. The Kier molecular flexibility index (Phi) is 5.42. The molecule has 0 heterocycles. The molecule has 0 atom stereocenters. The Morgan fingerprint density at radius 2 is 1.76 bits per heavy atom. The molecule has 0 bridgehead atoms. The lowest BCUT2D eigenvalue weighted by molar-refractivity contribution is 0.217. The van der Waals surface area contributed by atoms with Crippen molar-refractivity contribution in [1.29, 1.82) is 0 Å². The summed E-state index contributed by atoms with van der Waals surface area (Å²) in [6.45, 7) is 2.83. The van der Waals surface area contributed by atoms with Crippen molar-refractivity contribution >= 4 is 28.8 Å². The molecule has 0 spiro atoms. The lowest BCUT2D eigenvalue weighted by Gasteiger charge is -2.10. The van der Waals surface area contributed by atoms with E-state index in [-0.39, 0.29) is 0 Å². The normalized spacial score (nSPS) is 10.2. The monoisotopic (exact) mass is 321 g/mol. The minimum Gasteiger partial charge on any atom is -0.490 e. The van der Waals surface area contributed by atoms with E-state index in [0.29, 0.717) is 29.0 Å². The predicted octanol–water partition coefficient (Wildman–Crippen LogP) is 3.74. The molecule has 0 aromatic heterocycles. The van der Waals surface area contributed by atoms with Crippen molar-refractivity contribution in [3.8, 4) is 11.5 Å². The first-order valence-corrected chi connectivity index (χ1v) is 7.26. The molecule has 0 amide bonds. The quantitative estimate of drug-likeness (QED) is 0.650. The van der Waals surface area contributed by atoms with Crippen LogP contribution < -0.4 is 15.2 Å². The van der Waals surface area contributed by atoms with Gasteiger partial charge in [-0.25, -0.2) is 0 Å². The summed E-state index contributed by atoms with van der Waals surface area (Å²) in [7, 11) is 0. The van der Waals surface area contributed by atoms with Gasteiger partial charge in [-0.3, -0.25) is 0 Å². The third-order valence-electron chi connectivity index (χ3n) is 2.84. The van der Waals surface area contributed by atoms with Gasteiger partial charge < -0.3 is 15.2 Å². The summed E-state index contributed by atoms with van der Waals surface area (Å²) in [5.41, 5.74) is 7.45. The minimum atomic E-state index is 0.374. The van der Waals surface area contributed by atoms with Crippen LogP contribution in [0.5, 0.6) is 11.5 Å². The van der Waals surface area contributed by atoms with Gasteiger partial charge in [0, 0.05) is 5.56 Å². The summed E-state index contributed by atoms with van der Waals surface area (Å²) < 4.78 is 11.2. The highest BCUT2D eigenvalue weighted by molar-refractivity contribution is 7.80. The van der Waals surface area contributed by atoms with Crippen LogP contribution in [-0.2, 0) is 0 Å². The van der Waals surface area contributed by atoms with Crippen LogP contribution in [-0.4, -0.2) is 18.2 Å². The molecule has 3 nitrogen and oxygen atoms in total. The molecule has 5 heteroatoms. The van der Waals surface area contributed by atoms with Gasteiger partial charge in [0.15, 0.2) is 0 Å². The average molecular weight is 322 g/mol. The molecule has 0 fully saturated rings. The van der Waals surface area contributed by atoms with Gasteiger partial charge in [-0.2, -0.15) is 0 Å². The van der Waals surface area contributed by atoms with Crippen LogP contribution >= 0.6 is 23.8 Å². The fraction of sp³-hybridized carbons (Fsp3) is 0.188. The van der Waals surface area contributed by atoms with Gasteiger partial charge in [0.05, 0.1) is 5.02 Å². The molecule has 0 aliphatic rings. The molecular formula is C16H16ClNO2S. The van der Waals surface area contributed by atoms with E-state index in [0.717, 1.165) is 16.9 Å². The van der Waals surface area contributed by atoms with Crippen molar-refractivity contribution in [1.82, 2.24) is 0 Å². The third kappa shape index (κ3) is 4.62. The molecule has 2 aromatic carbocycles. The zero-order valence-corrected chi connectivity index (χ0v) is 13.2. The zero-order chi connectivity index (χ0) is 15.2. The fourth-order valence-corrected chi connectivity index (χ4v) is 2.06. The lowest BCUT2D eigenvalue weighted by atomic mass is 10.2. The van der Waals surface area contributed by atoms with E-state index in [9.17, 15) is 0 Å². The Labute approximate surface area is 134 Å². The van der Waals surface area contributed by atoms with Gasteiger partial charge in [0.25, 0.3) is 0 Å². The van der Waals surface area contributed by atoms with Crippen LogP contribution in [0.25, 0.3) is 0 Å². The second kappa shape index (κ2) is 7.29. The van der Waals surface area contributed by atoms with Crippen LogP contribution in [0.15, 0.2) is 42.5 Å². The maximum absolute atomic E-state index is 6.05. The molecular weight excluding hydrogens is 306 g/mol. The van der Waals surface area contributed by atoms with Crippen molar-refractivity contribution in [3.63, 3.8) is 0 Å². The van der Waals surface area contributed by atoms with Crippen molar-refractivity contribution in [2.24, 2.45) is 5.73 Å². The Morgan fingerprint density at radius 3 is 2.43 bits per heavy atom. The largest absolute Gasteiger partial charge is 0.490 e. The Bertz CT molecular complexity index is 629. The SMILES string of the molecule is Cc1ccc(Cl)c(OCCOc2ccc(C(N)=S)cc2)c1. The highest BCUT2D eigenvalue weighted by Crippen LogP contribution is 2.25. The highest BCUT2D eigenvalue weighted by Gasteiger charge is 2.02. The molecule has 0 saturated carbocycles. The van der Waals surface area contributed by atoms with Crippen LogP contribution in [0.4, 0.5) is 0 Å². The smallest absolute Gasteiger partial charge is 0.138 e. The molecule has 0 aliphatic heterocycles. The molecule has 0 unspecified atom stereocenters. The number of halogens is 1. The number of hydrogen-bond acceptors (Lipinski definition) is 3. The summed E-state index contributed by atoms with van der Waals surface area (Å²) in [6, 6.07) is 13.0. The number of thiocarbonyl (C=S) groups is 1. The van der Waals surface area contributed by atoms with Gasteiger partial charge in [0.2, 0.25) is 0 Å². The van der Waals surface area contributed by atoms with Crippen molar-refractivity contribution in [3.05, 3.63) is 58.6 Å². The van der Waals surface area contributed by atoms with Gasteiger partial charge in [-0.1, -0.05) is 29.9 Å². The average Bonchev–Trinajstić information content (AvgIpc) is 2.47. The zero-order valence-electron chi connectivity index (χ0n) is 11.6. The summed E-state index contributed by atoms with van der Waals surface area (Å²) in [5, 5.41) is 0.599. The van der Waals surface area contributed by atoms with E-state index in [1.54, 1.807) is 0 Å². The first-order chi connectivity index (χ1) is 10.1. The second-order valence-corrected chi connectivity index (χ2v) is 5.37. The summed E-state index contributed by atoms with van der Waals surface area (Å²) in [5.74, 6) is 1.41. The number of rotatable bonds is 6. The first kappa shape index (κ1) is 15.6. The van der Waals surface area contributed by atoms with Crippen LogP contribution in [0.1, 0.15) is 11.1 Å². The van der Waals surface area contributed by atoms with Crippen molar-refractivity contribution in [2.45, 2.75) is 6.92 Å². The summed E-state index contributed by atoms with van der Waals surface area (Å²) in [4.78, 5) is 0.374. The van der Waals surface area contributed by atoms with E-state index in [1.165, 1.54) is 0 Å². The number of nitrogens with two attached hydrogens (primary N) is 1. The molecule has 2 aromatic rings. The minimum absolute atomic E-state index is 0.374. The van der Waals surface area contributed by atoms with E-state index in [4.69, 9.17) is 39.0 Å². The van der Waals surface area contributed by atoms with Gasteiger partial charge in [-0.15, -0.1) is 0 Å². The molecule has 21 heavy (non-hydrogen) atoms. The van der Waals surface area contributed by atoms with E-state index >= 15 is 0 Å². The Hall–Kier alpha value is -1.78. The van der Waals surface area contributed by atoms with Gasteiger partial charge in [0.1, 0.15) is 29.7 Å². The van der Waals surface area contributed by atoms with E-state index in [1.807, 2.05) is 49.4 Å².